The largest absolute Gasteiger partial charge is 0.495 e. The van der Waals surface area contributed by atoms with Crippen LogP contribution >= 0.6 is 0 Å². The van der Waals surface area contributed by atoms with E-state index in [0.29, 0.717) is 16.9 Å². The minimum atomic E-state index is -1.30. The Kier molecular flexibility index (Phi) is 3.23. The van der Waals surface area contributed by atoms with E-state index in [1.165, 1.54) is 25.4 Å². The van der Waals surface area contributed by atoms with Gasteiger partial charge in [0.1, 0.15) is 11.6 Å². The predicted molar refractivity (Wildman–Crippen MR) is 63.1 cm³/mol. The van der Waals surface area contributed by atoms with Crippen LogP contribution < -0.4 is 4.74 Å². The van der Waals surface area contributed by atoms with Crippen LogP contribution in [0, 0.1) is 5.82 Å². The number of aromatic nitrogens is 1. The van der Waals surface area contributed by atoms with Gasteiger partial charge in [0, 0.05) is 11.8 Å². The zero-order valence-electron chi connectivity index (χ0n) is 9.55. The Balaban J connectivity index is 2.50. The lowest BCUT2D eigenvalue weighted by atomic mass is 10.0. The smallest absolute Gasteiger partial charge is 0.338 e. The van der Waals surface area contributed by atoms with Crippen LogP contribution in [-0.4, -0.2) is 23.2 Å². The Morgan fingerprint density at radius 1 is 1.28 bits per heavy atom. The number of ether oxygens (including phenoxy) is 1. The minimum Gasteiger partial charge on any atom is -0.495 e. The fourth-order valence-electron chi connectivity index (χ4n) is 1.56. The van der Waals surface area contributed by atoms with Crippen molar-refractivity contribution in [1.82, 2.24) is 4.98 Å². The van der Waals surface area contributed by atoms with E-state index in [2.05, 4.69) is 4.98 Å². The Morgan fingerprint density at radius 2 is 2.06 bits per heavy atom. The topological polar surface area (TPSA) is 59.4 Å². The number of hydrogen-bond donors (Lipinski definition) is 1. The molecule has 5 heteroatoms. The average Bonchev–Trinajstić information content (AvgIpc) is 2.39. The molecule has 2 rings (SSSR count). The molecule has 0 aliphatic carbocycles. The molecule has 0 aliphatic rings. The lowest BCUT2D eigenvalue weighted by Gasteiger charge is -2.05. The quantitative estimate of drug-likeness (QED) is 0.905. The maximum atomic E-state index is 13.3. The lowest BCUT2D eigenvalue weighted by Crippen LogP contribution is -2.00. The highest BCUT2D eigenvalue weighted by atomic mass is 19.1. The molecule has 0 atom stereocenters. The van der Waals surface area contributed by atoms with Gasteiger partial charge in [-0.3, -0.25) is 4.98 Å². The second-order valence-corrected chi connectivity index (χ2v) is 3.61. The summed E-state index contributed by atoms with van der Waals surface area (Å²) in [6.07, 6.45) is 3.09. The molecule has 0 fully saturated rings. The number of aromatic carboxylic acids is 1. The van der Waals surface area contributed by atoms with Crippen LogP contribution in [0.25, 0.3) is 11.1 Å². The predicted octanol–water partition coefficient (Wildman–Crippen LogP) is 2.59. The number of nitrogens with zero attached hydrogens (tertiary/aromatic N) is 1. The van der Waals surface area contributed by atoms with Crippen LogP contribution in [0.15, 0.2) is 36.7 Å². The standard InChI is InChI=1S/C13H10FNO3/c1-18-10-4-9(6-15-7-10)8-2-3-12(14)11(5-8)13(16)17/h2-7H,1H3,(H,16,17). The van der Waals surface area contributed by atoms with Crippen LogP contribution in [0.3, 0.4) is 0 Å². The number of carboxylic acids is 1. The summed E-state index contributed by atoms with van der Waals surface area (Å²) in [7, 11) is 1.51. The van der Waals surface area contributed by atoms with Crippen molar-refractivity contribution < 1.29 is 19.0 Å². The number of rotatable bonds is 3. The minimum absolute atomic E-state index is 0.365. The maximum absolute atomic E-state index is 13.3. The van der Waals surface area contributed by atoms with Gasteiger partial charge in [0.15, 0.2) is 0 Å². The molecule has 0 amide bonds. The van der Waals surface area contributed by atoms with E-state index < -0.39 is 11.8 Å². The van der Waals surface area contributed by atoms with Crippen LogP contribution in [0.1, 0.15) is 10.4 Å². The van der Waals surface area contributed by atoms with Crippen molar-refractivity contribution in [3.8, 4) is 16.9 Å². The zero-order chi connectivity index (χ0) is 13.1. The number of pyridine rings is 1. The average molecular weight is 247 g/mol. The van der Waals surface area contributed by atoms with Gasteiger partial charge in [-0.05, 0) is 23.8 Å². The molecule has 1 N–H and O–H groups in total. The molecule has 0 saturated heterocycles. The lowest BCUT2D eigenvalue weighted by molar-refractivity contribution is 0.0692. The Morgan fingerprint density at radius 3 is 2.72 bits per heavy atom. The third-order valence-electron chi connectivity index (χ3n) is 2.48. The van der Waals surface area contributed by atoms with Crippen LogP contribution in [0.4, 0.5) is 4.39 Å². The first kappa shape index (κ1) is 12.0. The summed E-state index contributed by atoms with van der Waals surface area (Å²) in [5.41, 5.74) is 0.868. The van der Waals surface area contributed by atoms with Crippen molar-refractivity contribution in [2.45, 2.75) is 0 Å². The molecule has 0 unspecified atom stereocenters. The third-order valence-corrected chi connectivity index (χ3v) is 2.48. The van der Waals surface area contributed by atoms with Crippen LogP contribution in [-0.2, 0) is 0 Å². The van der Waals surface area contributed by atoms with Crippen molar-refractivity contribution in [2.24, 2.45) is 0 Å². The van der Waals surface area contributed by atoms with Crippen LogP contribution in [0.5, 0.6) is 5.75 Å². The fraction of sp³-hybridized carbons (Fsp3) is 0.0769. The number of carbonyl (C=O) groups is 1. The van der Waals surface area contributed by atoms with Crippen molar-refractivity contribution in [2.75, 3.05) is 7.11 Å². The van der Waals surface area contributed by atoms with E-state index in [9.17, 15) is 9.18 Å². The monoisotopic (exact) mass is 247 g/mol. The number of hydrogen-bond acceptors (Lipinski definition) is 3. The molecular weight excluding hydrogens is 237 g/mol. The molecule has 1 aromatic carbocycles. The van der Waals surface area contributed by atoms with Crippen molar-refractivity contribution >= 4 is 5.97 Å². The van der Waals surface area contributed by atoms with Gasteiger partial charge in [-0.25, -0.2) is 9.18 Å². The van der Waals surface area contributed by atoms with Gasteiger partial charge in [0.25, 0.3) is 0 Å². The zero-order valence-corrected chi connectivity index (χ0v) is 9.55. The van der Waals surface area contributed by atoms with E-state index in [0.717, 1.165) is 6.07 Å². The van der Waals surface area contributed by atoms with Gasteiger partial charge in [0.2, 0.25) is 0 Å². The van der Waals surface area contributed by atoms with Gasteiger partial charge in [0.05, 0.1) is 18.9 Å². The highest BCUT2D eigenvalue weighted by Crippen LogP contribution is 2.24. The first-order valence-electron chi connectivity index (χ1n) is 5.14. The summed E-state index contributed by atoms with van der Waals surface area (Å²) < 4.78 is 18.3. The molecule has 0 radical (unpaired) electrons. The summed E-state index contributed by atoms with van der Waals surface area (Å²) in [4.78, 5) is 14.8. The molecule has 0 aliphatic heterocycles. The number of carboxylic acid groups (broad SMARTS) is 1. The Bertz CT molecular complexity index is 599. The number of halogens is 1. The van der Waals surface area contributed by atoms with E-state index >= 15 is 0 Å². The third kappa shape index (κ3) is 2.29. The molecule has 4 nitrogen and oxygen atoms in total. The van der Waals surface area contributed by atoms with Crippen molar-refractivity contribution in [1.29, 1.82) is 0 Å². The summed E-state index contributed by atoms with van der Waals surface area (Å²) in [6, 6.07) is 5.59. The SMILES string of the molecule is COc1cncc(-c2ccc(F)c(C(=O)O)c2)c1. The first-order chi connectivity index (χ1) is 8.61. The first-order valence-corrected chi connectivity index (χ1v) is 5.14. The maximum Gasteiger partial charge on any atom is 0.338 e. The molecule has 2 aromatic rings. The summed E-state index contributed by atoms with van der Waals surface area (Å²) in [5, 5.41) is 8.86. The molecule has 18 heavy (non-hydrogen) atoms. The number of methoxy groups -OCH3 is 1. The molecule has 1 heterocycles. The highest BCUT2D eigenvalue weighted by Gasteiger charge is 2.12. The van der Waals surface area contributed by atoms with E-state index in [4.69, 9.17) is 9.84 Å². The van der Waals surface area contributed by atoms with Gasteiger partial charge >= 0.3 is 5.97 Å². The molecule has 0 spiro atoms. The van der Waals surface area contributed by atoms with Crippen molar-refractivity contribution in [3.63, 3.8) is 0 Å². The van der Waals surface area contributed by atoms with Crippen molar-refractivity contribution in [3.05, 3.63) is 48.0 Å². The highest BCUT2D eigenvalue weighted by molar-refractivity contribution is 5.89. The Labute approximate surface area is 103 Å². The summed E-state index contributed by atoms with van der Waals surface area (Å²) >= 11 is 0. The normalized spacial score (nSPS) is 10.1. The van der Waals surface area contributed by atoms with Gasteiger partial charge in [-0.1, -0.05) is 6.07 Å². The second-order valence-electron chi connectivity index (χ2n) is 3.61. The van der Waals surface area contributed by atoms with E-state index in [1.807, 2.05) is 0 Å². The van der Waals surface area contributed by atoms with Crippen LogP contribution in [0.2, 0.25) is 0 Å². The molecule has 0 saturated carbocycles. The number of benzene rings is 1. The molecular formula is C13H10FNO3. The fourth-order valence-corrected chi connectivity index (χ4v) is 1.56. The van der Waals surface area contributed by atoms with Gasteiger partial charge < -0.3 is 9.84 Å². The summed E-state index contributed by atoms with van der Waals surface area (Å²) in [5.74, 6) is -1.51. The van der Waals surface area contributed by atoms with Gasteiger partial charge in [-0.15, -0.1) is 0 Å². The van der Waals surface area contributed by atoms with Gasteiger partial charge in [-0.2, -0.15) is 0 Å². The summed E-state index contributed by atoms with van der Waals surface area (Å²) in [6.45, 7) is 0. The Hall–Kier alpha value is -2.43. The molecule has 92 valence electrons. The molecule has 1 aromatic heterocycles. The van der Waals surface area contributed by atoms with E-state index in [1.54, 1.807) is 12.3 Å². The second kappa shape index (κ2) is 4.83. The molecule has 0 bridgehead atoms. The van der Waals surface area contributed by atoms with E-state index in [-0.39, 0.29) is 5.56 Å².